The molecule has 0 unspecified atom stereocenters. The number of amides is 1. The number of nitrogens with one attached hydrogen (secondary N) is 1. The predicted molar refractivity (Wildman–Crippen MR) is 108 cm³/mol. The van der Waals surface area contributed by atoms with Crippen molar-refractivity contribution in [3.8, 4) is 10.6 Å². The van der Waals surface area contributed by atoms with E-state index in [-0.39, 0.29) is 16.5 Å². The molecule has 0 saturated carbocycles. The van der Waals surface area contributed by atoms with Gasteiger partial charge in [0.15, 0.2) is 0 Å². The van der Waals surface area contributed by atoms with Gasteiger partial charge in [0.1, 0.15) is 9.90 Å². The van der Waals surface area contributed by atoms with Crippen LogP contribution in [-0.4, -0.2) is 37.7 Å². The van der Waals surface area contributed by atoms with Gasteiger partial charge in [0.2, 0.25) is 10.0 Å². The van der Waals surface area contributed by atoms with Gasteiger partial charge >= 0.3 is 0 Å². The Morgan fingerprint density at radius 3 is 2.33 bits per heavy atom. The van der Waals surface area contributed by atoms with Gasteiger partial charge < -0.3 is 5.32 Å². The lowest BCUT2D eigenvalue weighted by Gasteiger charge is -2.15. The van der Waals surface area contributed by atoms with E-state index in [1.54, 1.807) is 41.7 Å². The fourth-order valence-corrected chi connectivity index (χ4v) is 4.28. The van der Waals surface area contributed by atoms with E-state index in [0.717, 1.165) is 20.6 Å². The number of aryl methyl sites for hydroxylation is 1. The Morgan fingerprint density at radius 2 is 1.74 bits per heavy atom. The van der Waals surface area contributed by atoms with Crippen LogP contribution in [0.3, 0.4) is 0 Å². The first-order chi connectivity index (χ1) is 12.8. The number of thiazole rings is 1. The second kappa shape index (κ2) is 7.59. The Labute approximate surface area is 162 Å². The van der Waals surface area contributed by atoms with E-state index in [1.807, 2.05) is 24.4 Å². The molecular formula is C19H19N3O3S2. The summed E-state index contributed by atoms with van der Waals surface area (Å²) in [5.41, 5.74) is 2.57. The van der Waals surface area contributed by atoms with Crippen molar-refractivity contribution >= 4 is 33.0 Å². The molecule has 6 nitrogen and oxygen atoms in total. The van der Waals surface area contributed by atoms with Crippen molar-refractivity contribution in [3.05, 3.63) is 65.2 Å². The lowest BCUT2D eigenvalue weighted by Crippen LogP contribution is -2.24. The van der Waals surface area contributed by atoms with Gasteiger partial charge in [-0.1, -0.05) is 24.3 Å². The molecule has 3 rings (SSSR count). The van der Waals surface area contributed by atoms with Gasteiger partial charge in [0, 0.05) is 36.3 Å². The molecule has 0 aliphatic carbocycles. The SMILES string of the molecule is Cc1csc(-c2ccc(C(=O)Nc3ccccc3S(=O)(=O)N(C)C)cc2)n1. The Balaban J connectivity index is 1.84. The van der Waals surface area contributed by atoms with Crippen LogP contribution in [0.15, 0.2) is 58.8 Å². The maximum Gasteiger partial charge on any atom is 0.255 e. The first-order valence-corrected chi connectivity index (χ1v) is 10.5. The summed E-state index contributed by atoms with van der Waals surface area (Å²) in [6.07, 6.45) is 0. The molecule has 1 amide bonds. The molecule has 1 heterocycles. The molecule has 1 aromatic heterocycles. The van der Waals surface area contributed by atoms with Gasteiger partial charge in [0.25, 0.3) is 5.91 Å². The van der Waals surface area contributed by atoms with Gasteiger partial charge in [-0.15, -0.1) is 11.3 Å². The smallest absolute Gasteiger partial charge is 0.255 e. The molecule has 0 fully saturated rings. The number of sulfonamides is 1. The molecule has 0 bridgehead atoms. The third-order valence-corrected chi connectivity index (χ3v) is 6.79. The number of anilines is 1. The van der Waals surface area contributed by atoms with Crippen LogP contribution < -0.4 is 5.32 Å². The number of aromatic nitrogens is 1. The van der Waals surface area contributed by atoms with Gasteiger partial charge in [-0.3, -0.25) is 4.79 Å². The average Bonchev–Trinajstić information content (AvgIpc) is 3.08. The highest BCUT2D eigenvalue weighted by molar-refractivity contribution is 7.89. The number of hydrogen-bond donors (Lipinski definition) is 1. The first-order valence-electron chi connectivity index (χ1n) is 8.14. The van der Waals surface area contributed by atoms with Crippen LogP contribution in [0.5, 0.6) is 0 Å². The molecule has 0 aliphatic heterocycles. The summed E-state index contributed by atoms with van der Waals surface area (Å²) in [6.45, 7) is 1.93. The largest absolute Gasteiger partial charge is 0.321 e. The van der Waals surface area contributed by atoms with Crippen LogP contribution in [0.4, 0.5) is 5.69 Å². The predicted octanol–water partition coefficient (Wildman–Crippen LogP) is 3.62. The van der Waals surface area contributed by atoms with Crippen molar-refractivity contribution in [2.24, 2.45) is 0 Å². The van der Waals surface area contributed by atoms with E-state index >= 15 is 0 Å². The van der Waals surface area contributed by atoms with Crippen LogP contribution in [0.2, 0.25) is 0 Å². The Kier molecular flexibility index (Phi) is 5.41. The molecule has 1 N–H and O–H groups in total. The van der Waals surface area contributed by atoms with E-state index in [9.17, 15) is 13.2 Å². The van der Waals surface area contributed by atoms with Crippen molar-refractivity contribution in [2.75, 3.05) is 19.4 Å². The van der Waals surface area contributed by atoms with Crippen molar-refractivity contribution < 1.29 is 13.2 Å². The Bertz CT molecular complexity index is 1070. The van der Waals surface area contributed by atoms with E-state index < -0.39 is 10.0 Å². The second-order valence-corrected chi connectivity index (χ2v) is 9.09. The number of hydrogen-bond acceptors (Lipinski definition) is 5. The van der Waals surface area contributed by atoms with E-state index in [4.69, 9.17) is 0 Å². The lowest BCUT2D eigenvalue weighted by atomic mass is 10.1. The van der Waals surface area contributed by atoms with Gasteiger partial charge in [-0.2, -0.15) is 0 Å². The fraction of sp³-hybridized carbons (Fsp3) is 0.158. The molecule has 2 aromatic carbocycles. The summed E-state index contributed by atoms with van der Waals surface area (Å²) >= 11 is 1.54. The third kappa shape index (κ3) is 4.08. The van der Waals surface area contributed by atoms with Crippen molar-refractivity contribution in [3.63, 3.8) is 0 Å². The summed E-state index contributed by atoms with van der Waals surface area (Å²) in [5.74, 6) is -0.377. The van der Waals surface area contributed by atoms with Gasteiger partial charge in [-0.05, 0) is 31.2 Å². The number of benzene rings is 2. The number of para-hydroxylation sites is 1. The maximum absolute atomic E-state index is 12.6. The van der Waals surface area contributed by atoms with Gasteiger partial charge in [-0.25, -0.2) is 17.7 Å². The number of rotatable bonds is 5. The van der Waals surface area contributed by atoms with E-state index in [2.05, 4.69) is 10.3 Å². The zero-order chi connectivity index (χ0) is 19.6. The summed E-state index contributed by atoms with van der Waals surface area (Å²) in [5, 5.41) is 5.55. The minimum absolute atomic E-state index is 0.0539. The van der Waals surface area contributed by atoms with Gasteiger partial charge in [0.05, 0.1) is 5.69 Å². The van der Waals surface area contributed by atoms with Crippen LogP contribution >= 0.6 is 11.3 Å². The molecule has 27 heavy (non-hydrogen) atoms. The topological polar surface area (TPSA) is 79.4 Å². The maximum atomic E-state index is 12.6. The minimum Gasteiger partial charge on any atom is -0.321 e. The average molecular weight is 402 g/mol. The molecule has 0 spiro atoms. The van der Waals surface area contributed by atoms with E-state index in [1.165, 1.54) is 20.2 Å². The van der Waals surface area contributed by atoms with Crippen LogP contribution in [0.1, 0.15) is 16.1 Å². The monoisotopic (exact) mass is 401 g/mol. The zero-order valence-corrected chi connectivity index (χ0v) is 16.8. The van der Waals surface area contributed by atoms with Crippen LogP contribution in [0, 0.1) is 6.92 Å². The molecule has 0 atom stereocenters. The number of nitrogens with zero attached hydrogens (tertiary/aromatic N) is 2. The lowest BCUT2D eigenvalue weighted by molar-refractivity contribution is 0.102. The normalized spacial score (nSPS) is 11.6. The summed E-state index contributed by atoms with van der Waals surface area (Å²) in [7, 11) is -0.761. The Morgan fingerprint density at radius 1 is 1.07 bits per heavy atom. The van der Waals surface area contributed by atoms with Crippen LogP contribution in [0.25, 0.3) is 10.6 Å². The number of carbonyl (C=O) groups excluding carboxylic acids is 1. The first kappa shape index (κ1) is 19.2. The van der Waals surface area contributed by atoms with Crippen molar-refractivity contribution in [1.29, 1.82) is 0 Å². The standard InChI is InChI=1S/C19H19N3O3S2/c1-13-12-26-19(20-13)15-10-8-14(9-11-15)18(23)21-16-6-4-5-7-17(16)27(24,25)22(2)3/h4-12H,1-3H3,(H,21,23). The number of carbonyl (C=O) groups is 1. The van der Waals surface area contributed by atoms with Crippen LogP contribution in [-0.2, 0) is 10.0 Å². The molecule has 3 aromatic rings. The molecule has 0 saturated heterocycles. The molecule has 0 radical (unpaired) electrons. The summed E-state index contributed by atoms with van der Waals surface area (Å²) < 4.78 is 26.0. The van der Waals surface area contributed by atoms with Crippen molar-refractivity contribution in [2.45, 2.75) is 11.8 Å². The van der Waals surface area contributed by atoms with E-state index in [0.29, 0.717) is 5.56 Å². The summed E-state index contributed by atoms with van der Waals surface area (Å²) in [4.78, 5) is 17.1. The second-order valence-electron chi connectivity index (χ2n) is 6.11. The molecule has 8 heteroatoms. The molecule has 0 aliphatic rings. The Hall–Kier alpha value is -2.55. The minimum atomic E-state index is -3.66. The zero-order valence-electron chi connectivity index (χ0n) is 15.1. The molecular weight excluding hydrogens is 382 g/mol. The quantitative estimate of drug-likeness (QED) is 0.708. The highest BCUT2D eigenvalue weighted by Crippen LogP contribution is 2.26. The highest BCUT2D eigenvalue weighted by Gasteiger charge is 2.22. The summed E-state index contributed by atoms with van der Waals surface area (Å²) in [6, 6.07) is 13.4. The van der Waals surface area contributed by atoms with Crippen molar-refractivity contribution in [1.82, 2.24) is 9.29 Å². The third-order valence-electron chi connectivity index (χ3n) is 3.91. The fourth-order valence-electron chi connectivity index (χ4n) is 2.44. The highest BCUT2D eigenvalue weighted by atomic mass is 32.2. The molecule has 140 valence electrons.